The van der Waals surface area contributed by atoms with Crippen LogP contribution in [0.4, 0.5) is 11.6 Å². The molecular weight excluding hydrogens is 356 g/mol. The number of anilines is 1. The van der Waals surface area contributed by atoms with E-state index in [9.17, 15) is 14.9 Å². The van der Waals surface area contributed by atoms with Gasteiger partial charge in [-0.25, -0.2) is 9.97 Å². The van der Waals surface area contributed by atoms with Gasteiger partial charge in [0.2, 0.25) is 5.95 Å². The number of nitro benzene ring substituents is 1. The third-order valence-corrected chi connectivity index (χ3v) is 5.06. The molecule has 4 rings (SSSR count). The van der Waals surface area contributed by atoms with Crippen molar-refractivity contribution >= 4 is 29.6 Å². The van der Waals surface area contributed by atoms with Crippen LogP contribution in [0.1, 0.15) is 36.8 Å². The highest BCUT2D eigenvalue weighted by Crippen LogP contribution is 2.30. The van der Waals surface area contributed by atoms with Gasteiger partial charge in [-0.1, -0.05) is 12.1 Å². The number of hydrogen-bond donors (Lipinski definition) is 0. The molecule has 1 saturated carbocycles. The zero-order chi connectivity index (χ0) is 19.5. The van der Waals surface area contributed by atoms with E-state index in [0.717, 1.165) is 24.6 Å². The fourth-order valence-corrected chi connectivity index (χ4v) is 3.59. The van der Waals surface area contributed by atoms with Crippen LogP contribution in [0, 0.1) is 10.1 Å². The van der Waals surface area contributed by atoms with Crippen molar-refractivity contribution in [1.82, 2.24) is 9.97 Å². The monoisotopic (exact) mass is 376 g/mol. The molecule has 1 saturated heterocycles. The lowest BCUT2D eigenvalue weighted by molar-refractivity contribution is -0.384. The van der Waals surface area contributed by atoms with Crippen molar-refractivity contribution in [3.8, 4) is 0 Å². The highest BCUT2D eigenvalue weighted by molar-refractivity contribution is 6.15. The van der Waals surface area contributed by atoms with Crippen LogP contribution in [0.15, 0.2) is 47.8 Å². The molecule has 0 radical (unpaired) electrons. The van der Waals surface area contributed by atoms with Crippen LogP contribution in [0.3, 0.4) is 0 Å². The second-order valence-electron chi connectivity index (χ2n) is 7.03. The van der Waals surface area contributed by atoms with Crippen molar-refractivity contribution in [2.24, 2.45) is 0 Å². The summed E-state index contributed by atoms with van der Waals surface area (Å²) in [6.07, 6.45) is 10.7. The number of non-ortho nitro benzene ring substituents is 1. The zero-order valence-corrected chi connectivity index (χ0v) is 15.4. The molecule has 7 nitrogen and oxygen atoms in total. The predicted molar refractivity (Wildman–Crippen MR) is 107 cm³/mol. The van der Waals surface area contributed by atoms with Gasteiger partial charge >= 0.3 is 0 Å². The molecule has 1 aliphatic heterocycles. The number of allylic oxidation sites excluding steroid dienone is 2. The molecule has 2 aromatic rings. The molecule has 2 aliphatic rings. The van der Waals surface area contributed by atoms with Crippen LogP contribution >= 0.6 is 0 Å². The Balaban J connectivity index is 1.50. The zero-order valence-electron chi connectivity index (χ0n) is 15.4. The number of hydrogen-bond acceptors (Lipinski definition) is 6. The van der Waals surface area contributed by atoms with E-state index in [1.807, 2.05) is 6.08 Å². The number of Topliss-reactive ketones (excluding diaryl/α,β-unsaturated/α-hetero) is 1. The second kappa shape index (κ2) is 7.72. The summed E-state index contributed by atoms with van der Waals surface area (Å²) in [5, 5.41) is 10.9. The van der Waals surface area contributed by atoms with Gasteiger partial charge in [-0.05, 0) is 43.4 Å². The number of ketones is 1. The van der Waals surface area contributed by atoms with E-state index in [2.05, 4.69) is 14.9 Å². The number of rotatable bonds is 4. The molecule has 1 aliphatic carbocycles. The summed E-state index contributed by atoms with van der Waals surface area (Å²) in [6, 6.07) is 6.31. The summed E-state index contributed by atoms with van der Waals surface area (Å²) >= 11 is 0. The van der Waals surface area contributed by atoms with E-state index in [4.69, 9.17) is 0 Å². The van der Waals surface area contributed by atoms with E-state index in [0.29, 0.717) is 29.6 Å². The smallest absolute Gasteiger partial charge is 0.270 e. The molecule has 1 aromatic heterocycles. The van der Waals surface area contributed by atoms with Gasteiger partial charge in [0.05, 0.1) is 4.92 Å². The Kier molecular flexibility index (Phi) is 4.97. The van der Waals surface area contributed by atoms with E-state index in [1.54, 1.807) is 30.6 Å². The number of carbonyl (C=O) groups is 1. The van der Waals surface area contributed by atoms with Crippen molar-refractivity contribution in [2.75, 3.05) is 18.0 Å². The van der Waals surface area contributed by atoms with Gasteiger partial charge in [0.15, 0.2) is 5.78 Å². The number of nitrogens with zero attached hydrogens (tertiary/aromatic N) is 4. The number of aromatic nitrogens is 2. The molecule has 0 bridgehead atoms. The Morgan fingerprint density at radius 2 is 1.64 bits per heavy atom. The van der Waals surface area contributed by atoms with Crippen molar-refractivity contribution in [1.29, 1.82) is 0 Å². The van der Waals surface area contributed by atoms with Crippen LogP contribution in [0.25, 0.3) is 12.2 Å². The second-order valence-corrected chi connectivity index (χ2v) is 7.03. The fourth-order valence-electron chi connectivity index (χ4n) is 3.59. The van der Waals surface area contributed by atoms with Crippen molar-refractivity contribution in [3.05, 3.63) is 69.0 Å². The summed E-state index contributed by atoms with van der Waals surface area (Å²) in [6.45, 7) is 1.98. The number of benzene rings is 1. The highest BCUT2D eigenvalue weighted by atomic mass is 16.6. The molecule has 2 fully saturated rings. The van der Waals surface area contributed by atoms with E-state index in [1.165, 1.54) is 25.0 Å². The standard InChI is InChI=1S/C21H20N4O3/c26-20-17(10-15-4-3-5-19(12-15)25(27)28)6-7-18(20)11-16-13-22-21(23-14-16)24-8-1-2-9-24/h3-5,10-14H,1-2,6-9H2/b17-10-,18-11+. The molecule has 28 heavy (non-hydrogen) atoms. The molecule has 7 heteroatoms. The van der Waals surface area contributed by atoms with Gasteiger partial charge in [-0.3, -0.25) is 14.9 Å². The van der Waals surface area contributed by atoms with Crippen LogP contribution in [0.5, 0.6) is 0 Å². The Morgan fingerprint density at radius 1 is 1.00 bits per heavy atom. The maximum absolute atomic E-state index is 12.7. The predicted octanol–water partition coefficient (Wildman–Crippen LogP) is 3.81. The van der Waals surface area contributed by atoms with Crippen LogP contribution in [0.2, 0.25) is 0 Å². The Labute approximate surface area is 162 Å². The lowest BCUT2D eigenvalue weighted by Crippen LogP contribution is -2.20. The first-order valence-corrected chi connectivity index (χ1v) is 9.37. The highest BCUT2D eigenvalue weighted by Gasteiger charge is 2.23. The lowest BCUT2D eigenvalue weighted by atomic mass is 10.1. The maximum Gasteiger partial charge on any atom is 0.270 e. The summed E-state index contributed by atoms with van der Waals surface area (Å²) < 4.78 is 0. The lowest BCUT2D eigenvalue weighted by Gasteiger charge is -2.14. The van der Waals surface area contributed by atoms with Gasteiger partial charge in [0, 0.05) is 54.3 Å². The van der Waals surface area contributed by atoms with Crippen molar-refractivity contribution in [2.45, 2.75) is 25.7 Å². The maximum atomic E-state index is 12.7. The molecule has 0 amide bonds. The van der Waals surface area contributed by atoms with Crippen molar-refractivity contribution in [3.63, 3.8) is 0 Å². The van der Waals surface area contributed by atoms with E-state index >= 15 is 0 Å². The van der Waals surface area contributed by atoms with E-state index < -0.39 is 4.92 Å². The minimum Gasteiger partial charge on any atom is -0.341 e. The molecule has 0 spiro atoms. The van der Waals surface area contributed by atoms with Crippen LogP contribution in [-0.2, 0) is 4.79 Å². The average molecular weight is 376 g/mol. The van der Waals surface area contributed by atoms with Gasteiger partial charge in [-0.2, -0.15) is 0 Å². The normalized spacial score (nSPS) is 19.7. The first-order chi connectivity index (χ1) is 13.6. The summed E-state index contributed by atoms with van der Waals surface area (Å²) in [7, 11) is 0. The fraction of sp³-hybridized carbons (Fsp3) is 0.286. The molecular formula is C21H20N4O3. The SMILES string of the molecule is O=C1/C(=C\c2cccc([N+](=O)[O-])c2)CC/C1=C\c1cnc(N2CCCC2)nc1. The van der Waals surface area contributed by atoms with Gasteiger partial charge in [0.25, 0.3) is 5.69 Å². The van der Waals surface area contributed by atoms with Gasteiger partial charge in [0.1, 0.15) is 0 Å². The first kappa shape index (κ1) is 18.0. The van der Waals surface area contributed by atoms with Crippen LogP contribution < -0.4 is 4.90 Å². The summed E-state index contributed by atoms with van der Waals surface area (Å²) in [5.74, 6) is 0.721. The molecule has 0 unspecified atom stereocenters. The third-order valence-electron chi connectivity index (χ3n) is 5.06. The summed E-state index contributed by atoms with van der Waals surface area (Å²) in [4.78, 5) is 34.2. The Morgan fingerprint density at radius 3 is 2.29 bits per heavy atom. The van der Waals surface area contributed by atoms with Gasteiger partial charge < -0.3 is 4.90 Å². The molecule has 142 valence electrons. The molecule has 0 N–H and O–H groups in total. The molecule has 1 aromatic carbocycles. The minimum absolute atomic E-state index is 0.0184. The topological polar surface area (TPSA) is 89.2 Å². The molecule has 0 atom stereocenters. The Bertz CT molecular complexity index is 973. The Hall–Kier alpha value is -3.35. The first-order valence-electron chi connectivity index (χ1n) is 9.37. The van der Waals surface area contributed by atoms with Crippen LogP contribution in [-0.4, -0.2) is 33.8 Å². The average Bonchev–Trinajstić information content (AvgIpc) is 3.35. The third kappa shape index (κ3) is 3.83. The number of carbonyl (C=O) groups excluding carboxylic acids is 1. The van der Waals surface area contributed by atoms with E-state index in [-0.39, 0.29) is 11.5 Å². The largest absolute Gasteiger partial charge is 0.341 e. The number of nitro groups is 1. The van der Waals surface area contributed by atoms with Crippen molar-refractivity contribution < 1.29 is 9.72 Å². The minimum atomic E-state index is -0.435. The van der Waals surface area contributed by atoms with Gasteiger partial charge in [-0.15, -0.1) is 0 Å². The summed E-state index contributed by atoms with van der Waals surface area (Å²) in [5.41, 5.74) is 2.88. The molecule has 2 heterocycles. The quantitative estimate of drug-likeness (QED) is 0.458.